The third-order valence-electron chi connectivity index (χ3n) is 1.79. The van der Waals surface area contributed by atoms with Gasteiger partial charge < -0.3 is 9.84 Å². The molecule has 0 saturated carbocycles. The Labute approximate surface area is 91.0 Å². The zero-order valence-electron chi connectivity index (χ0n) is 8.44. The Morgan fingerprint density at radius 1 is 1.31 bits per heavy atom. The number of rotatable bonds is 3. The SMILES string of the molecule is COC(=O)C(=O)C=C(O)c1ccc(F)cc1. The summed E-state index contributed by atoms with van der Waals surface area (Å²) in [5.74, 6) is -2.94. The molecule has 0 bridgehead atoms. The minimum absolute atomic E-state index is 0.235. The first-order valence-electron chi connectivity index (χ1n) is 4.33. The molecular weight excluding hydrogens is 215 g/mol. The van der Waals surface area contributed by atoms with E-state index in [1.807, 2.05) is 0 Å². The minimum atomic E-state index is -1.08. The van der Waals surface area contributed by atoms with E-state index >= 15 is 0 Å². The summed E-state index contributed by atoms with van der Waals surface area (Å²) in [4.78, 5) is 21.8. The third-order valence-corrected chi connectivity index (χ3v) is 1.79. The van der Waals surface area contributed by atoms with Crippen LogP contribution in [0.4, 0.5) is 4.39 Å². The van der Waals surface area contributed by atoms with E-state index in [4.69, 9.17) is 0 Å². The van der Waals surface area contributed by atoms with Crippen LogP contribution in [-0.4, -0.2) is 24.0 Å². The van der Waals surface area contributed by atoms with Crippen LogP contribution in [0.15, 0.2) is 30.3 Å². The van der Waals surface area contributed by atoms with Crippen LogP contribution in [0, 0.1) is 5.82 Å². The van der Waals surface area contributed by atoms with Crippen molar-refractivity contribution < 1.29 is 23.8 Å². The van der Waals surface area contributed by atoms with Crippen LogP contribution in [0.2, 0.25) is 0 Å². The van der Waals surface area contributed by atoms with Crippen molar-refractivity contribution in [3.63, 3.8) is 0 Å². The van der Waals surface area contributed by atoms with Crippen molar-refractivity contribution >= 4 is 17.5 Å². The summed E-state index contributed by atoms with van der Waals surface area (Å²) < 4.78 is 16.7. The molecule has 0 fully saturated rings. The summed E-state index contributed by atoms with van der Waals surface area (Å²) in [5, 5.41) is 9.44. The normalized spacial score (nSPS) is 11.0. The molecule has 0 aliphatic carbocycles. The summed E-state index contributed by atoms with van der Waals surface area (Å²) >= 11 is 0. The lowest BCUT2D eigenvalue weighted by molar-refractivity contribution is -0.149. The van der Waals surface area contributed by atoms with Crippen molar-refractivity contribution in [2.75, 3.05) is 7.11 Å². The predicted octanol–water partition coefficient (Wildman–Crippen LogP) is 1.47. The van der Waals surface area contributed by atoms with E-state index in [9.17, 15) is 19.1 Å². The molecule has 0 amide bonds. The highest BCUT2D eigenvalue weighted by Gasteiger charge is 2.12. The van der Waals surface area contributed by atoms with Gasteiger partial charge in [-0.15, -0.1) is 0 Å². The molecule has 0 spiro atoms. The molecule has 0 atom stereocenters. The standard InChI is InChI=1S/C11H9FO4/c1-16-11(15)10(14)6-9(13)7-2-4-8(12)5-3-7/h2-6,13H,1H3. The third kappa shape index (κ3) is 2.91. The maximum atomic E-state index is 12.6. The van der Waals surface area contributed by atoms with Crippen LogP contribution < -0.4 is 0 Å². The average Bonchev–Trinajstić information content (AvgIpc) is 2.28. The molecule has 1 N–H and O–H groups in total. The lowest BCUT2D eigenvalue weighted by atomic mass is 10.1. The number of hydrogen-bond donors (Lipinski definition) is 1. The number of aliphatic hydroxyl groups excluding tert-OH is 1. The average molecular weight is 224 g/mol. The van der Waals surface area contributed by atoms with E-state index in [-0.39, 0.29) is 5.56 Å². The van der Waals surface area contributed by atoms with Gasteiger partial charge in [0.1, 0.15) is 11.6 Å². The molecule has 16 heavy (non-hydrogen) atoms. The maximum absolute atomic E-state index is 12.6. The number of ketones is 1. The summed E-state index contributed by atoms with van der Waals surface area (Å²) in [5.41, 5.74) is 0.235. The monoisotopic (exact) mass is 224 g/mol. The van der Waals surface area contributed by atoms with Crippen LogP contribution in [0.5, 0.6) is 0 Å². The zero-order valence-corrected chi connectivity index (χ0v) is 8.44. The highest BCUT2D eigenvalue weighted by molar-refractivity contribution is 6.39. The molecule has 5 heteroatoms. The van der Waals surface area contributed by atoms with Gasteiger partial charge in [0, 0.05) is 11.6 Å². The zero-order chi connectivity index (χ0) is 12.1. The first-order chi connectivity index (χ1) is 7.54. The Hall–Kier alpha value is -2.17. The highest BCUT2D eigenvalue weighted by atomic mass is 19.1. The fourth-order valence-electron chi connectivity index (χ4n) is 0.988. The molecule has 0 aromatic heterocycles. The van der Waals surface area contributed by atoms with Crippen LogP contribution >= 0.6 is 0 Å². The number of ether oxygens (including phenoxy) is 1. The number of carbonyl (C=O) groups excluding carboxylic acids is 2. The Morgan fingerprint density at radius 2 is 1.88 bits per heavy atom. The molecule has 0 unspecified atom stereocenters. The summed E-state index contributed by atoms with van der Waals surface area (Å²) in [6, 6.07) is 4.82. The van der Waals surface area contributed by atoms with Crippen molar-refractivity contribution in [1.29, 1.82) is 0 Å². The molecule has 1 rings (SSSR count). The number of benzene rings is 1. The molecule has 0 saturated heterocycles. The van der Waals surface area contributed by atoms with Gasteiger partial charge in [-0.05, 0) is 24.3 Å². The number of hydrogen-bond acceptors (Lipinski definition) is 4. The fourth-order valence-corrected chi connectivity index (χ4v) is 0.988. The number of carbonyl (C=O) groups is 2. The molecule has 0 aliphatic rings. The highest BCUT2D eigenvalue weighted by Crippen LogP contribution is 2.11. The Morgan fingerprint density at radius 3 is 2.38 bits per heavy atom. The Balaban J connectivity index is 2.89. The van der Waals surface area contributed by atoms with Gasteiger partial charge in [0.25, 0.3) is 5.78 Å². The van der Waals surface area contributed by atoms with Crippen molar-refractivity contribution in [3.05, 3.63) is 41.7 Å². The Kier molecular flexibility index (Phi) is 3.77. The van der Waals surface area contributed by atoms with E-state index in [0.717, 1.165) is 25.3 Å². The summed E-state index contributed by atoms with van der Waals surface area (Å²) in [7, 11) is 1.06. The maximum Gasteiger partial charge on any atom is 0.378 e. The van der Waals surface area contributed by atoms with E-state index in [1.165, 1.54) is 12.1 Å². The molecule has 0 heterocycles. The van der Waals surface area contributed by atoms with Crippen molar-refractivity contribution in [1.82, 2.24) is 0 Å². The number of methoxy groups -OCH3 is 1. The first-order valence-corrected chi connectivity index (χ1v) is 4.33. The Bertz CT molecular complexity index is 434. The lowest BCUT2D eigenvalue weighted by Gasteiger charge is -1.99. The van der Waals surface area contributed by atoms with Gasteiger partial charge >= 0.3 is 5.97 Å². The molecule has 0 aliphatic heterocycles. The van der Waals surface area contributed by atoms with Crippen molar-refractivity contribution in [3.8, 4) is 0 Å². The number of halogens is 1. The first kappa shape index (κ1) is 11.9. The predicted molar refractivity (Wildman–Crippen MR) is 54.0 cm³/mol. The molecule has 84 valence electrons. The van der Waals surface area contributed by atoms with Gasteiger partial charge in [-0.1, -0.05) is 0 Å². The second-order valence-corrected chi connectivity index (χ2v) is 2.89. The van der Waals surface area contributed by atoms with Crippen molar-refractivity contribution in [2.45, 2.75) is 0 Å². The van der Waals surface area contributed by atoms with E-state index < -0.39 is 23.3 Å². The molecule has 1 aromatic carbocycles. The van der Waals surface area contributed by atoms with Crippen LogP contribution in [0.1, 0.15) is 5.56 Å². The van der Waals surface area contributed by atoms with E-state index in [2.05, 4.69) is 4.74 Å². The number of esters is 1. The molecular formula is C11H9FO4. The van der Waals surface area contributed by atoms with Gasteiger partial charge in [-0.3, -0.25) is 4.79 Å². The van der Waals surface area contributed by atoms with Gasteiger partial charge in [0.15, 0.2) is 0 Å². The quantitative estimate of drug-likeness (QED) is 0.365. The van der Waals surface area contributed by atoms with Gasteiger partial charge in [-0.25, -0.2) is 9.18 Å². The molecule has 0 radical (unpaired) electrons. The summed E-state index contributed by atoms with van der Waals surface area (Å²) in [6.45, 7) is 0. The smallest absolute Gasteiger partial charge is 0.378 e. The summed E-state index contributed by atoms with van der Waals surface area (Å²) in [6.07, 6.45) is 0.721. The topological polar surface area (TPSA) is 63.6 Å². The minimum Gasteiger partial charge on any atom is -0.507 e. The van der Waals surface area contributed by atoms with Gasteiger partial charge in [0.2, 0.25) is 0 Å². The van der Waals surface area contributed by atoms with Crippen LogP contribution in [0.25, 0.3) is 5.76 Å². The van der Waals surface area contributed by atoms with Gasteiger partial charge in [0.05, 0.1) is 7.11 Å². The number of aliphatic hydroxyl groups is 1. The van der Waals surface area contributed by atoms with Crippen LogP contribution in [0.3, 0.4) is 0 Å². The second-order valence-electron chi connectivity index (χ2n) is 2.89. The van der Waals surface area contributed by atoms with E-state index in [0.29, 0.717) is 0 Å². The molecule has 4 nitrogen and oxygen atoms in total. The van der Waals surface area contributed by atoms with Gasteiger partial charge in [-0.2, -0.15) is 0 Å². The van der Waals surface area contributed by atoms with Crippen molar-refractivity contribution in [2.24, 2.45) is 0 Å². The lowest BCUT2D eigenvalue weighted by Crippen LogP contribution is -2.13. The second kappa shape index (κ2) is 5.06. The van der Waals surface area contributed by atoms with Crippen LogP contribution in [-0.2, 0) is 14.3 Å². The van der Waals surface area contributed by atoms with E-state index in [1.54, 1.807) is 0 Å². The molecule has 1 aromatic rings. The largest absolute Gasteiger partial charge is 0.507 e. The fraction of sp³-hybridized carbons (Fsp3) is 0.0909.